The third-order valence-electron chi connectivity index (χ3n) is 5.18. The average molecular weight is 389 g/mol. The van der Waals surface area contributed by atoms with Crippen molar-refractivity contribution in [3.63, 3.8) is 0 Å². The zero-order valence-corrected chi connectivity index (χ0v) is 16.3. The summed E-state index contributed by atoms with van der Waals surface area (Å²) in [5, 5.41) is 7.55. The molecule has 1 N–H and O–H groups in total. The Kier molecular flexibility index (Phi) is 5.59. The van der Waals surface area contributed by atoms with Gasteiger partial charge in [0.25, 0.3) is 0 Å². The zero-order valence-electron chi connectivity index (χ0n) is 16.3. The number of benzene rings is 2. The molecule has 0 unspecified atom stereocenters. The van der Waals surface area contributed by atoms with Gasteiger partial charge in [0.1, 0.15) is 11.4 Å². The van der Waals surface area contributed by atoms with Crippen molar-refractivity contribution in [2.75, 3.05) is 43.1 Å². The molecule has 148 valence electrons. The lowest BCUT2D eigenvalue weighted by molar-refractivity contribution is 0.415. The Morgan fingerprint density at radius 1 is 1.00 bits per heavy atom. The van der Waals surface area contributed by atoms with Crippen LogP contribution in [0.2, 0.25) is 0 Å². The maximum Gasteiger partial charge on any atom is 0.240 e. The summed E-state index contributed by atoms with van der Waals surface area (Å²) in [4.78, 5) is 19.7. The van der Waals surface area contributed by atoms with Crippen molar-refractivity contribution < 1.29 is 9.53 Å². The highest BCUT2D eigenvalue weighted by Gasteiger charge is 2.23. The van der Waals surface area contributed by atoms with E-state index in [0.717, 1.165) is 43.9 Å². The van der Waals surface area contributed by atoms with Crippen molar-refractivity contribution in [1.82, 2.24) is 10.2 Å². The first-order valence-electron chi connectivity index (χ1n) is 9.66. The van der Waals surface area contributed by atoms with Gasteiger partial charge < -0.3 is 14.5 Å². The number of methoxy groups -OCH3 is 1. The first-order chi connectivity index (χ1) is 14.3. The SMILES string of the molecule is COc1ccc(-c2[nH]nc(N3CCCN(c4ccccc4)CC3)c2N=C=O)cc1. The second-order valence-corrected chi connectivity index (χ2v) is 6.87. The number of nitrogens with one attached hydrogen (secondary N) is 1. The van der Waals surface area contributed by atoms with Crippen LogP contribution in [0, 0.1) is 0 Å². The molecule has 7 heteroatoms. The first kappa shape index (κ1) is 18.8. The van der Waals surface area contributed by atoms with Crippen LogP contribution in [0.4, 0.5) is 17.2 Å². The predicted octanol–water partition coefficient (Wildman–Crippen LogP) is 3.77. The van der Waals surface area contributed by atoms with Crippen LogP contribution in [0.5, 0.6) is 5.75 Å². The van der Waals surface area contributed by atoms with Gasteiger partial charge in [-0.2, -0.15) is 10.1 Å². The molecule has 1 saturated heterocycles. The van der Waals surface area contributed by atoms with Gasteiger partial charge in [0.15, 0.2) is 5.82 Å². The topological polar surface area (TPSA) is 73.8 Å². The van der Waals surface area contributed by atoms with Gasteiger partial charge in [0.05, 0.1) is 12.8 Å². The molecule has 1 aliphatic heterocycles. The Balaban J connectivity index is 1.59. The minimum Gasteiger partial charge on any atom is -0.497 e. The number of hydrogen-bond donors (Lipinski definition) is 1. The second-order valence-electron chi connectivity index (χ2n) is 6.87. The molecule has 0 radical (unpaired) electrons. The summed E-state index contributed by atoms with van der Waals surface area (Å²) < 4.78 is 5.22. The smallest absolute Gasteiger partial charge is 0.240 e. The summed E-state index contributed by atoms with van der Waals surface area (Å²) in [6, 6.07) is 18.0. The Morgan fingerprint density at radius 3 is 2.45 bits per heavy atom. The molecule has 0 amide bonds. The lowest BCUT2D eigenvalue weighted by atomic mass is 10.1. The fraction of sp³-hybridized carbons (Fsp3) is 0.273. The monoisotopic (exact) mass is 389 g/mol. The maximum atomic E-state index is 11.1. The molecule has 0 spiro atoms. The normalized spacial score (nSPS) is 14.2. The summed E-state index contributed by atoms with van der Waals surface area (Å²) in [5.41, 5.74) is 3.34. The minimum absolute atomic E-state index is 0.526. The number of hydrogen-bond acceptors (Lipinski definition) is 6. The number of H-pyrrole nitrogens is 1. The number of aromatic nitrogens is 2. The molecule has 1 fully saturated rings. The molecule has 1 aliphatic rings. The largest absolute Gasteiger partial charge is 0.497 e. The Hall–Kier alpha value is -3.57. The van der Waals surface area contributed by atoms with Crippen LogP contribution in [0.1, 0.15) is 6.42 Å². The van der Waals surface area contributed by atoms with E-state index in [4.69, 9.17) is 4.74 Å². The fourth-order valence-electron chi connectivity index (χ4n) is 3.68. The number of anilines is 2. The summed E-state index contributed by atoms with van der Waals surface area (Å²) in [5.74, 6) is 1.46. The molecule has 0 saturated carbocycles. The van der Waals surface area contributed by atoms with Crippen molar-refractivity contribution in [3.05, 3.63) is 54.6 Å². The first-order valence-corrected chi connectivity index (χ1v) is 9.66. The van der Waals surface area contributed by atoms with Crippen LogP contribution in [-0.4, -0.2) is 49.6 Å². The molecule has 1 aromatic heterocycles. The van der Waals surface area contributed by atoms with Crippen LogP contribution in [0.3, 0.4) is 0 Å². The molecule has 29 heavy (non-hydrogen) atoms. The van der Waals surface area contributed by atoms with Gasteiger partial charge >= 0.3 is 0 Å². The van der Waals surface area contributed by atoms with Gasteiger partial charge in [-0.05, 0) is 42.8 Å². The third kappa shape index (κ3) is 4.00. The number of isocyanates is 1. The molecule has 0 aliphatic carbocycles. The zero-order chi connectivity index (χ0) is 20.1. The van der Waals surface area contributed by atoms with Crippen molar-refractivity contribution in [2.45, 2.75) is 6.42 Å². The molecule has 2 aromatic carbocycles. The summed E-state index contributed by atoms with van der Waals surface area (Å²) in [7, 11) is 1.63. The van der Waals surface area contributed by atoms with Crippen LogP contribution in [-0.2, 0) is 4.79 Å². The van der Waals surface area contributed by atoms with E-state index in [1.165, 1.54) is 5.69 Å². The van der Waals surface area contributed by atoms with Gasteiger partial charge in [-0.15, -0.1) is 0 Å². The number of aromatic amines is 1. The average Bonchev–Trinajstić information content (AvgIpc) is 3.03. The van der Waals surface area contributed by atoms with Crippen molar-refractivity contribution in [1.29, 1.82) is 0 Å². The Bertz CT molecular complexity index is 994. The van der Waals surface area contributed by atoms with Gasteiger partial charge in [-0.25, -0.2) is 4.79 Å². The lowest BCUT2D eigenvalue weighted by Crippen LogP contribution is -2.30. The van der Waals surface area contributed by atoms with Crippen LogP contribution < -0.4 is 14.5 Å². The summed E-state index contributed by atoms with van der Waals surface area (Å²) >= 11 is 0. The Labute approximate surface area is 169 Å². The van der Waals surface area contributed by atoms with E-state index in [2.05, 4.69) is 49.3 Å². The predicted molar refractivity (Wildman–Crippen MR) is 114 cm³/mol. The second kappa shape index (κ2) is 8.63. The van der Waals surface area contributed by atoms with Gasteiger partial charge in [0, 0.05) is 37.4 Å². The number of aliphatic imine (C=N–C) groups is 1. The summed E-state index contributed by atoms with van der Waals surface area (Å²) in [6.45, 7) is 3.49. The van der Waals surface area contributed by atoms with Crippen LogP contribution in [0.25, 0.3) is 11.3 Å². The molecule has 0 bridgehead atoms. The van der Waals surface area contributed by atoms with Gasteiger partial charge in [-0.1, -0.05) is 18.2 Å². The third-order valence-corrected chi connectivity index (χ3v) is 5.18. The van der Waals surface area contributed by atoms with Crippen molar-refractivity contribution in [3.8, 4) is 17.0 Å². The van der Waals surface area contributed by atoms with E-state index in [1.807, 2.05) is 30.3 Å². The molecule has 0 atom stereocenters. The number of nitrogens with zero attached hydrogens (tertiary/aromatic N) is 4. The van der Waals surface area contributed by atoms with E-state index >= 15 is 0 Å². The van der Waals surface area contributed by atoms with Gasteiger partial charge in [0.2, 0.25) is 6.08 Å². The lowest BCUT2D eigenvalue weighted by Gasteiger charge is -2.23. The molecular formula is C22H23N5O2. The number of para-hydroxylation sites is 1. The minimum atomic E-state index is 0.526. The molecule has 2 heterocycles. The van der Waals surface area contributed by atoms with Crippen LogP contribution in [0.15, 0.2) is 59.6 Å². The number of rotatable bonds is 5. The van der Waals surface area contributed by atoms with E-state index < -0.39 is 0 Å². The van der Waals surface area contributed by atoms with E-state index in [9.17, 15) is 4.79 Å². The summed E-state index contributed by atoms with van der Waals surface area (Å²) in [6.07, 6.45) is 2.68. The van der Waals surface area contributed by atoms with Crippen LogP contribution >= 0.6 is 0 Å². The van der Waals surface area contributed by atoms with E-state index in [0.29, 0.717) is 17.2 Å². The Morgan fingerprint density at radius 2 is 1.72 bits per heavy atom. The van der Waals surface area contributed by atoms with Crippen molar-refractivity contribution in [2.24, 2.45) is 4.99 Å². The van der Waals surface area contributed by atoms with Gasteiger partial charge in [-0.3, -0.25) is 5.10 Å². The highest BCUT2D eigenvalue weighted by atomic mass is 16.5. The molecule has 4 rings (SSSR count). The standard InChI is InChI=1S/C22H23N5O2/c1-29-19-10-8-17(9-11-19)20-21(23-16-28)22(25-24-20)27-13-5-12-26(14-15-27)18-6-3-2-4-7-18/h2-4,6-11H,5,12-15H2,1H3,(H,24,25). The highest BCUT2D eigenvalue weighted by Crippen LogP contribution is 2.37. The maximum absolute atomic E-state index is 11.1. The molecule has 3 aromatic rings. The quantitative estimate of drug-likeness (QED) is 0.531. The number of ether oxygens (including phenoxy) is 1. The molecular weight excluding hydrogens is 366 g/mol. The highest BCUT2D eigenvalue weighted by molar-refractivity contribution is 5.82. The van der Waals surface area contributed by atoms with E-state index in [1.54, 1.807) is 13.2 Å². The molecule has 7 nitrogen and oxygen atoms in total. The van der Waals surface area contributed by atoms with Crippen molar-refractivity contribution >= 4 is 23.3 Å². The van der Waals surface area contributed by atoms with E-state index in [-0.39, 0.29) is 0 Å². The number of carbonyl (C=O) groups excluding carboxylic acids is 1. The fourth-order valence-corrected chi connectivity index (χ4v) is 3.68.